The highest BCUT2D eigenvalue weighted by Crippen LogP contribution is 2.40. The number of nitro benzene ring substituents is 2. The van der Waals surface area contributed by atoms with E-state index in [0.29, 0.717) is 33.8 Å². The first-order valence-corrected chi connectivity index (χ1v) is 19.6. The second-order valence-electron chi connectivity index (χ2n) is 13.6. The van der Waals surface area contributed by atoms with E-state index in [2.05, 4.69) is 0 Å². The van der Waals surface area contributed by atoms with Crippen LogP contribution in [0, 0.1) is 20.2 Å². The van der Waals surface area contributed by atoms with Gasteiger partial charge in [-0.3, -0.25) is 20.2 Å². The molecule has 0 saturated carbocycles. The maximum atomic E-state index is 14.9. The molecule has 14 nitrogen and oxygen atoms in total. The van der Waals surface area contributed by atoms with Crippen molar-refractivity contribution < 1.29 is 46.8 Å². The standard InChI is InChI=1S/C44H36N2O12S/c1-27(2)55-37-21-23-41(39(25-37)29-9-17-35(18-10-29)57-43(47)31-5-13-33(14-6-31)45(49)50)59(53,54)42-24-22-38(56-28(3)4)26-40(42)30-11-19-36(20-12-30)58-44(48)32-7-15-34(16-8-32)46(51)52/h5-28H,1-4H3. The fourth-order valence-electron chi connectivity index (χ4n) is 5.92. The van der Waals surface area contributed by atoms with Crippen LogP contribution >= 0.6 is 0 Å². The normalized spacial score (nSPS) is 11.2. The van der Waals surface area contributed by atoms with E-state index < -0.39 is 31.6 Å². The molecule has 6 aromatic rings. The first-order chi connectivity index (χ1) is 28.1. The van der Waals surface area contributed by atoms with Crippen LogP contribution in [0.25, 0.3) is 22.3 Å². The number of benzene rings is 6. The van der Waals surface area contributed by atoms with Gasteiger partial charge in [0.05, 0.1) is 43.0 Å². The Morgan fingerprint density at radius 2 is 0.814 bits per heavy atom. The van der Waals surface area contributed by atoms with Crippen molar-refractivity contribution in [3.8, 4) is 45.3 Å². The summed E-state index contributed by atoms with van der Waals surface area (Å²) in [6.07, 6.45) is -0.439. The van der Waals surface area contributed by atoms with Crippen LogP contribution in [0.4, 0.5) is 11.4 Å². The average molecular weight is 817 g/mol. The van der Waals surface area contributed by atoms with Gasteiger partial charge in [-0.05, 0) is 124 Å². The quantitative estimate of drug-likeness (QED) is 0.0438. The van der Waals surface area contributed by atoms with E-state index in [1.54, 1.807) is 48.5 Å². The molecular weight excluding hydrogens is 781 g/mol. The number of non-ortho nitro benzene ring substituents is 2. The third-order valence-electron chi connectivity index (χ3n) is 8.60. The van der Waals surface area contributed by atoms with Crippen LogP contribution in [0.3, 0.4) is 0 Å². The Bertz CT molecular complexity index is 2460. The molecule has 0 N–H and O–H groups in total. The third kappa shape index (κ3) is 9.77. The summed E-state index contributed by atoms with van der Waals surface area (Å²) in [4.78, 5) is 46.3. The smallest absolute Gasteiger partial charge is 0.343 e. The van der Waals surface area contributed by atoms with Gasteiger partial charge in [0, 0.05) is 35.4 Å². The molecule has 0 atom stereocenters. The van der Waals surface area contributed by atoms with Gasteiger partial charge in [-0.1, -0.05) is 24.3 Å². The van der Waals surface area contributed by atoms with E-state index in [0.717, 1.165) is 0 Å². The van der Waals surface area contributed by atoms with Crippen LogP contribution < -0.4 is 18.9 Å². The van der Waals surface area contributed by atoms with Gasteiger partial charge in [0.2, 0.25) is 9.84 Å². The number of sulfone groups is 1. The zero-order chi connectivity index (χ0) is 42.4. The zero-order valence-corrected chi connectivity index (χ0v) is 32.9. The summed E-state index contributed by atoms with van der Waals surface area (Å²) in [5.74, 6) is -0.334. The molecule has 0 aromatic heterocycles. The van der Waals surface area contributed by atoms with Crippen molar-refractivity contribution >= 4 is 33.2 Å². The summed E-state index contributed by atoms with van der Waals surface area (Å²) in [7, 11) is -4.31. The van der Waals surface area contributed by atoms with Gasteiger partial charge in [-0.25, -0.2) is 18.0 Å². The van der Waals surface area contributed by atoms with E-state index in [-0.39, 0.29) is 56.0 Å². The summed E-state index contributed by atoms with van der Waals surface area (Å²) in [6, 6.07) is 31.7. The van der Waals surface area contributed by atoms with Crippen molar-refractivity contribution in [1.29, 1.82) is 0 Å². The largest absolute Gasteiger partial charge is 0.491 e. The maximum Gasteiger partial charge on any atom is 0.343 e. The number of ether oxygens (including phenoxy) is 4. The SMILES string of the molecule is CC(C)Oc1ccc(S(=O)(=O)c2ccc(OC(C)C)cc2-c2ccc(OC(=O)c3ccc([N+](=O)[O-])cc3)cc2)c(-c2ccc(OC(=O)c3ccc([N+](=O)[O-])cc3)cc2)c1. The highest BCUT2D eigenvalue weighted by molar-refractivity contribution is 7.91. The van der Waals surface area contributed by atoms with E-state index in [1.807, 2.05) is 27.7 Å². The summed E-state index contributed by atoms with van der Waals surface area (Å²) in [5.41, 5.74) is 1.39. The average Bonchev–Trinajstić information content (AvgIpc) is 3.21. The highest BCUT2D eigenvalue weighted by Gasteiger charge is 2.27. The van der Waals surface area contributed by atoms with E-state index in [1.165, 1.54) is 84.9 Å². The summed E-state index contributed by atoms with van der Waals surface area (Å²) in [5, 5.41) is 22.0. The van der Waals surface area contributed by atoms with E-state index >= 15 is 0 Å². The van der Waals surface area contributed by atoms with Crippen molar-refractivity contribution in [2.75, 3.05) is 0 Å². The van der Waals surface area contributed by atoms with Crippen molar-refractivity contribution in [2.24, 2.45) is 0 Å². The van der Waals surface area contributed by atoms with Gasteiger partial charge >= 0.3 is 11.9 Å². The Morgan fingerprint density at radius 3 is 1.12 bits per heavy atom. The lowest BCUT2D eigenvalue weighted by Gasteiger charge is -2.18. The molecule has 0 aliphatic carbocycles. The molecule has 0 aliphatic rings. The molecule has 300 valence electrons. The van der Waals surface area contributed by atoms with Crippen LogP contribution in [0.15, 0.2) is 143 Å². The van der Waals surface area contributed by atoms with Crippen LogP contribution in [-0.4, -0.2) is 42.4 Å². The summed E-state index contributed by atoms with van der Waals surface area (Å²) in [6.45, 7) is 7.36. The number of rotatable bonds is 14. The molecule has 6 rings (SSSR count). The van der Waals surface area contributed by atoms with Gasteiger partial charge in [0.25, 0.3) is 11.4 Å². The molecule has 59 heavy (non-hydrogen) atoms. The lowest BCUT2D eigenvalue weighted by Crippen LogP contribution is -2.10. The molecule has 0 amide bonds. The van der Waals surface area contributed by atoms with Crippen molar-refractivity contribution in [2.45, 2.75) is 49.7 Å². The molecule has 0 saturated heterocycles. The molecule has 6 aromatic carbocycles. The minimum absolute atomic E-state index is 0.0448. The lowest BCUT2D eigenvalue weighted by molar-refractivity contribution is -0.385. The first kappa shape index (κ1) is 41.2. The number of carbonyl (C=O) groups is 2. The molecule has 0 fully saturated rings. The van der Waals surface area contributed by atoms with Gasteiger partial charge in [0.1, 0.15) is 23.0 Å². The van der Waals surface area contributed by atoms with Gasteiger partial charge in [-0.15, -0.1) is 0 Å². The third-order valence-corrected chi connectivity index (χ3v) is 10.5. The second kappa shape index (κ2) is 17.4. The number of nitro groups is 2. The predicted molar refractivity (Wildman–Crippen MR) is 217 cm³/mol. The summed E-state index contributed by atoms with van der Waals surface area (Å²) < 4.78 is 52.6. The molecule has 0 unspecified atom stereocenters. The Balaban J connectivity index is 1.34. The first-order valence-electron chi connectivity index (χ1n) is 18.1. The van der Waals surface area contributed by atoms with Crippen molar-refractivity contribution in [3.05, 3.63) is 165 Å². The lowest BCUT2D eigenvalue weighted by atomic mass is 10.0. The maximum absolute atomic E-state index is 14.9. The molecule has 0 aliphatic heterocycles. The van der Waals surface area contributed by atoms with Crippen molar-refractivity contribution in [1.82, 2.24) is 0 Å². The van der Waals surface area contributed by atoms with Gasteiger partial charge < -0.3 is 18.9 Å². The van der Waals surface area contributed by atoms with Crippen LogP contribution in [0.1, 0.15) is 48.4 Å². The zero-order valence-electron chi connectivity index (χ0n) is 32.1. The molecule has 0 radical (unpaired) electrons. The van der Waals surface area contributed by atoms with Crippen LogP contribution in [0.5, 0.6) is 23.0 Å². The van der Waals surface area contributed by atoms with Crippen LogP contribution in [0.2, 0.25) is 0 Å². The predicted octanol–water partition coefficient (Wildman–Crippen LogP) is 9.68. The highest BCUT2D eigenvalue weighted by atomic mass is 32.2. The van der Waals surface area contributed by atoms with Crippen LogP contribution in [-0.2, 0) is 9.84 Å². The molecule has 0 bridgehead atoms. The molecule has 0 spiro atoms. The minimum Gasteiger partial charge on any atom is -0.491 e. The number of hydrogen-bond acceptors (Lipinski definition) is 12. The van der Waals surface area contributed by atoms with Gasteiger partial charge in [0.15, 0.2) is 0 Å². The molecule has 15 heteroatoms. The Hall–Kier alpha value is -7.39. The molecule has 0 heterocycles. The second-order valence-corrected chi connectivity index (χ2v) is 15.5. The monoisotopic (exact) mass is 816 g/mol. The fraction of sp³-hybridized carbons (Fsp3) is 0.136. The van der Waals surface area contributed by atoms with Crippen molar-refractivity contribution in [3.63, 3.8) is 0 Å². The number of hydrogen-bond donors (Lipinski definition) is 0. The number of esters is 2. The van der Waals surface area contributed by atoms with E-state index in [4.69, 9.17) is 18.9 Å². The Morgan fingerprint density at radius 1 is 0.492 bits per heavy atom. The topological polar surface area (TPSA) is 191 Å². The summed E-state index contributed by atoms with van der Waals surface area (Å²) >= 11 is 0. The fourth-order valence-corrected chi connectivity index (χ4v) is 7.59. The van der Waals surface area contributed by atoms with E-state index in [9.17, 15) is 38.2 Å². The minimum atomic E-state index is -4.31. The van der Waals surface area contributed by atoms with Gasteiger partial charge in [-0.2, -0.15) is 0 Å². The number of nitrogens with zero attached hydrogens (tertiary/aromatic N) is 2. The Kier molecular flexibility index (Phi) is 12.2. The number of carbonyl (C=O) groups excluding carboxylic acids is 2. The Labute approximate surface area is 338 Å². The molecular formula is C44H36N2O12S.